The largest absolute Gasteiger partial charge is 0.376 e. The molecule has 7 heteroatoms. The molecule has 0 unspecified atom stereocenters. The van der Waals surface area contributed by atoms with Gasteiger partial charge in [-0.1, -0.05) is 12.8 Å². The lowest BCUT2D eigenvalue weighted by Gasteiger charge is -2.39. The number of halogens is 1. The standard InChI is InChI=1S/C20H26FN3O3/c21-13-5-6-15(22-10-13)9-19(25)24-11-17(16-7-8-27-18(16)12-24)20(26)23-14-3-1-2-4-14/h5-6,10,14,16-18H,1-4,7-9,11-12H2,(H,23,26)/t16-,17+,18+/m0/s1. The Morgan fingerprint density at radius 1 is 1.22 bits per heavy atom. The lowest BCUT2D eigenvalue weighted by atomic mass is 9.82. The van der Waals surface area contributed by atoms with Crippen molar-refractivity contribution in [3.8, 4) is 0 Å². The van der Waals surface area contributed by atoms with Crippen molar-refractivity contribution in [1.29, 1.82) is 0 Å². The highest BCUT2D eigenvalue weighted by atomic mass is 19.1. The number of aromatic nitrogens is 1. The zero-order valence-electron chi connectivity index (χ0n) is 15.4. The number of rotatable bonds is 4. The summed E-state index contributed by atoms with van der Waals surface area (Å²) < 4.78 is 18.8. The Morgan fingerprint density at radius 2 is 2.04 bits per heavy atom. The Labute approximate surface area is 158 Å². The van der Waals surface area contributed by atoms with Gasteiger partial charge in [-0.25, -0.2) is 4.39 Å². The first-order valence-electron chi connectivity index (χ1n) is 9.90. The third-order valence-electron chi connectivity index (χ3n) is 6.11. The summed E-state index contributed by atoms with van der Waals surface area (Å²) in [5.74, 6) is -0.507. The number of carbonyl (C=O) groups is 2. The molecule has 3 heterocycles. The van der Waals surface area contributed by atoms with Crippen LogP contribution in [0.15, 0.2) is 18.3 Å². The van der Waals surface area contributed by atoms with Crippen LogP contribution in [0.25, 0.3) is 0 Å². The number of hydrogen-bond donors (Lipinski definition) is 1. The molecule has 146 valence electrons. The summed E-state index contributed by atoms with van der Waals surface area (Å²) in [7, 11) is 0. The van der Waals surface area contributed by atoms with Crippen molar-refractivity contribution in [2.24, 2.45) is 11.8 Å². The van der Waals surface area contributed by atoms with Gasteiger partial charge in [0.25, 0.3) is 0 Å². The zero-order chi connectivity index (χ0) is 18.8. The number of nitrogens with zero attached hydrogens (tertiary/aromatic N) is 2. The molecule has 1 aromatic heterocycles. The second kappa shape index (κ2) is 7.92. The van der Waals surface area contributed by atoms with Crippen molar-refractivity contribution in [3.05, 3.63) is 29.8 Å². The highest BCUT2D eigenvalue weighted by Crippen LogP contribution is 2.34. The Morgan fingerprint density at radius 3 is 2.78 bits per heavy atom. The van der Waals surface area contributed by atoms with Crippen LogP contribution in [-0.2, 0) is 20.7 Å². The summed E-state index contributed by atoms with van der Waals surface area (Å²) in [6.45, 7) is 1.57. The molecule has 3 fully saturated rings. The van der Waals surface area contributed by atoms with Crippen LogP contribution in [0.1, 0.15) is 37.8 Å². The number of ether oxygens (including phenoxy) is 1. The molecule has 1 aliphatic carbocycles. The summed E-state index contributed by atoms with van der Waals surface area (Å²) in [4.78, 5) is 31.3. The maximum absolute atomic E-state index is 13.0. The molecule has 1 N–H and O–H groups in total. The van der Waals surface area contributed by atoms with Crippen molar-refractivity contribution in [1.82, 2.24) is 15.2 Å². The predicted octanol–water partition coefficient (Wildman–Crippen LogP) is 1.69. The van der Waals surface area contributed by atoms with Gasteiger partial charge in [0, 0.05) is 37.4 Å². The number of piperidine rings is 1. The Kier molecular flexibility index (Phi) is 5.38. The van der Waals surface area contributed by atoms with Crippen molar-refractivity contribution in [3.63, 3.8) is 0 Å². The third kappa shape index (κ3) is 4.13. The third-order valence-corrected chi connectivity index (χ3v) is 6.11. The van der Waals surface area contributed by atoms with E-state index in [0.717, 1.165) is 25.5 Å². The van der Waals surface area contributed by atoms with Crippen LogP contribution in [0.2, 0.25) is 0 Å². The van der Waals surface area contributed by atoms with Gasteiger partial charge in [0.2, 0.25) is 11.8 Å². The quantitative estimate of drug-likeness (QED) is 0.869. The van der Waals surface area contributed by atoms with Crippen LogP contribution < -0.4 is 5.32 Å². The van der Waals surface area contributed by atoms with E-state index in [1.165, 1.54) is 25.0 Å². The molecule has 2 amide bonds. The van der Waals surface area contributed by atoms with Crippen molar-refractivity contribution >= 4 is 11.8 Å². The van der Waals surface area contributed by atoms with E-state index in [1.54, 1.807) is 4.90 Å². The molecular weight excluding hydrogens is 349 g/mol. The molecule has 0 bridgehead atoms. The van der Waals surface area contributed by atoms with Gasteiger partial charge in [-0.05, 0) is 31.4 Å². The van der Waals surface area contributed by atoms with Crippen LogP contribution in [0.3, 0.4) is 0 Å². The van der Waals surface area contributed by atoms with E-state index in [9.17, 15) is 14.0 Å². The highest BCUT2D eigenvalue weighted by Gasteiger charge is 2.45. The van der Waals surface area contributed by atoms with Crippen LogP contribution in [0.4, 0.5) is 4.39 Å². The summed E-state index contributed by atoms with van der Waals surface area (Å²) >= 11 is 0. The fourth-order valence-corrected chi connectivity index (χ4v) is 4.62. The second-order valence-corrected chi connectivity index (χ2v) is 7.90. The number of amides is 2. The normalized spacial score (nSPS) is 28.2. The molecule has 0 spiro atoms. The number of likely N-dealkylation sites (tertiary alicyclic amines) is 1. The van der Waals surface area contributed by atoms with Crippen LogP contribution >= 0.6 is 0 Å². The minimum Gasteiger partial charge on any atom is -0.376 e. The average Bonchev–Trinajstić information content (AvgIpc) is 3.34. The van der Waals surface area contributed by atoms with Gasteiger partial charge >= 0.3 is 0 Å². The fraction of sp³-hybridized carbons (Fsp3) is 0.650. The number of pyridine rings is 1. The first kappa shape index (κ1) is 18.3. The second-order valence-electron chi connectivity index (χ2n) is 7.90. The molecule has 0 radical (unpaired) electrons. The maximum Gasteiger partial charge on any atom is 0.228 e. The molecule has 0 aromatic carbocycles. The zero-order valence-corrected chi connectivity index (χ0v) is 15.4. The monoisotopic (exact) mass is 375 g/mol. The Balaban J connectivity index is 1.43. The molecule has 2 saturated heterocycles. The minimum atomic E-state index is -0.421. The fourth-order valence-electron chi connectivity index (χ4n) is 4.62. The SMILES string of the molecule is O=C(NC1CCCC1)[C@@H]1CN(C(=O)Cc2ccc(F)cn2)C[C@H]2OCC[C@H]21. The number of carbonyl (C=O) groups excluding carboxylic acids is 2. The van der Waals surface area contributed by atoms with Crippen LogP contribution in [0.5, 0.6) is 0 Å². The van der Waals surface area contributed by atoms with E-state index >= 15 is 0 Å². The maximum atomic E-state index is 13.0. The molecule has 3 atom stereocenters. The molecule has 2 aliphatic heterocycles. The first-order chi connectivity index (χ1) is 13.1. The van der Waals surface area contributed by atoms with Gasteiger partial charge in [-0.2, -0.15) is 0 Å². The molecule has 4 rings (SSSR count). The molecule has 1 saturated carbocycles. The molecular formula is C20H26FN3O3. The van der Waals surface area contributed by atoms with E-state index in [2.05, 4.69) is 10.3 Å². The Bertz CT molecular complexity index is 690. The summed E-state index contributed by atoms with van der Waals surface area (Å²) in [6, 6.07) is 3.10. The van der Waals surface area contributed by atoms with E-state index < -0.39 is 5.82 Å². The van der Waals surface area contributed by atoms with Gasteiger partial charge in [-0.15, -0.1) is 0 Å². The predicted molar refractivity (Wildman–Crippen MR) is 96.2 cm³/mol. The van der Waals surface area contributed by atoms with Crippen LogP contribution in [0, 0.1) is 17.7 Å². The van der Waals surface area contributed by atoms with Gasteiger partial charge in [0.1, 0.15) is 5.82 Å². The number of hydrogen-bond acceptors (Lipinski definition) is 4. The number of nitrogens with one attached hydrogen (secondary N) is 1. The molecule has 27 heavy (non-hydrogen) atoms. The topological polar surface area (TPSA) is 71.5 Å². The highest BCUT2D eigenvalue weighted by molar-refractivity contribution is 5.82. The molecule has 3 aliphatic rings. The lowest BCUT2D eigenvalue weighted by Crippen LogP contribution is -2.55. The van der Waals surface area contributed by atoms with Crippen LogP contribution in [-0.4, -0.2) is 53.5 Å². The van der Waals surface area contributed by atoms with E-state index in [0.29, 0.717) is 25.4 Å². The first-order valence-corrected chi connectivity index (χ1v) is 9.90. The summed E-state index contributed by atoms with van der Waals surface area (Å²) in [5.41, 5.74) is 0.530. The van der Waals surface area contributed by atoms with E-state index in [1.807, 2.05) is 0 Å². The minimum absolute atomic E-state index is 0.0554. The van der Waals surface area contributed by atoms with E-state index in [4.69, 9.17) is 4.74 Å². The summed E-state index contributed by atoms with van der Waals surface area (Å²) in [6.07, 6.45) is 6.43. The average molecular weight is 375 g/mol. The van der Waals surface area contributed by atoms with Crippen molar-refractivity contribution < 1.29 is 18.7 Å². The summed E-state index contributed by atoms with van der Waals surface area (Å²) in [5, 5.41) is 3.19. The van der Waals surface area contributed by atoms with Gasteiger partial charge < -0.3 is 15.0 Å². The van der Waals surface area contributed by atoms with Gasteiger partial charge in [0.15, 0.2) is 0 Å². The van der Waals surface area contributed by atoms with Crippen molar-refractivity contribution in [2.75, 3.05) is 19.7 Å². The van der Waals surface area contributed by atoms with Gasteiger partial charge in [0.05, 0.1) is 24.6 Å². The van der Waals surface area contributed by atoms with Gasteiger partial charge in [-0.3, -0.25) is 14.6 Å². The lowest BCUT2D eigenvalue weighted by molar-refractivity contribution is -0.141. The Hall–Kier alpha value is -2.02. The smallest absolute Gasteiger partial charge is 0.228 e. The van der Waals surface area contributed by atoms with E-state index in [-0.39, 0.29) is 42.2 Å². The molecule has 6 nitrogen and oxygen atoms in total. The molecule has 1 aromatic rings. The number of fused-ring (bicyclic) bond motifs is 1. The van der Waals surface area contributed by atoms with Crippen molar-refractivity contribution in [2.45, 2.75) is 50.7 Å².